The second-order valence-electron chi connectivity index (χ2n) is 5.22. The van der Waals surface area contributed by atoms with E-state index in [1.54, 1.807) is 0 Å². The van der Waals surface area contributed by atoms with Crippen LogP contribution in [-0.4, -0.2) is 17.7 Å². The third kappa shape index (κ3) is 4.69. The van der Waals surface area contributed by atoms with Crippen molar-refractivity contribution in [3.05, 3.63) is 0 Å². The average molecular weight is 242 g/mol. The van der Waals surface area contributed by atoms with E-state index in [4.69, 9.17) is 12.2 Å². The first-order valence-corrected chi connectivity index (χ1v) is 7.08. The Hall–Kier alpha value is -0.310. The van der Waals surface area contributed by atoms with Gasteiger partial charge in [-0.25, -0.2) is 0 Å². The van der Waals surface area contributed by atoms with Gasteiger partial charge in [0, 0.05) is 12.6 Å². The van der Waals surface area contributed by atoms with Crippen molar-refractivity contribution in [1.82, 2.24) is 10.6 Å². The van der Waals surface area contributed by atoms with Crippen LogP contribution >= 0.6 is 12.2 Å². The van der Waals surface area contributed by atoms with Crippen molar-refractivity contribution in [3.8, 4) is 0 Å². The van der Waals surface area contributed by atoms with Gasteiger partial charge in [-0.3, -0.25) is 0 Å². The van der Waals surface area contributed by atoms with E-state index in [9.17, 15) is 0 Å². The van der Waals surface area contributed by atoms with Gasteiger partial charge in [0.05, 0.1) is 0 Å². The second-order valence-corrected chi connectivity index (χ2v) is 5.63. The zero-order valence-corrected chi connectivity index (χ0v) is 11.7. The Morgan fingerprint density at radius 1 is 1.25 bits per heavy atom. The lowest BCUT2D eigenvalue weighted by molar-refractivity contribution is 0.240. The van der Waals surface area contributed by atoms with E-state index in [0.717, 1.165) is 23.5 Å². The van der Waals surface area contributed by atoms with Crippen LogP contribution in [0.4, 0.5) is 0 Å². The van der Waals surface area contributed by atoms with Gasteiger partial charge in [-0.15, -0.1) is 0 Å². The predicted molar refractivity (Wildman–Crippen MR) is 74.6 cm³/mol. The number of nitrogens with one attached hydrogen (secondary N) is 2. The van der Waals surface area contributed by atoms with Crippen LogP contribution in [0.3, 0.4) is 0 Å². The van der Waals surface area contributed by atoms with Crippen LogP contribution < -0.4 is 10.6 Å². The standard InChI is InChI=1S/C13H26N2S/c1-4-5-8-14-13(16)15-12-7-6-10(2)11(3)9-12/h10-12H,4-9H2,1-3H3,(H2,14,15,16). The third-order valence-electron chi connectivity index (χ3n) is 3.75. The van der Waals surface area contributed by atoms with Crippen LogP contribution in [0.5, 0.6) is 0 Å². The maximum absolute atomic E-state index is 5.29. The van der Waals surface area contributed by atoms with Crippen molar-refractivity contribution in [2.45, 2.75) is 58.9 Å². The molecular formula is C13H26N2S. The molecule has 1 fully saturated rings. The molecule has 0 aliphatic heterocycles. The molecule has 16 heavy (non-hydrogen) atoms. The van der Waals surface area contributed by atoms with Crippen molar-refractivity contribution in [2.24, 2.45) is 11.8 Å². The molecule has 0 aromatic carbocycles. The van der Waals surface area contributed by atoms with E-state index in [1.807, 2.05) is 0 Å². The Bertz CT molecular complexity index is 218. The third-order valence-corrected chi connectivity index (χ3v) is 4.01. The molecular weight excluding hydrogens is 216 g/mol. The molecule has 0 aromatic heterocycles. The van der Waals surface area contributed by atoms with Gasteiger partial charge in [0.25, 0.3) is 0 Å². The van der Waals surface area contributed by atoms with Crippen LogP contribution in [-0.2, 0) is 0 Å². The van der Waals surface area contributed by atoms with Crippen molar-refractivity contribution in [1.29, 1.82) is 0 Å². The SMILES string of the molecule is CCCCNC(=S)NC1CCC(C)C(C)C1. The monoisotopic (exact) mass is 242 g/mol. The zero-order valence-electron chi connectivity index (χ0n) is 10.9. The van der Waals surface area contributed by atoms with Crippen LogP contribution in [0, 0.1) is 11.8 Å². The highest BCUT2D eigenvalue weighted by molar-refractivity contribution is 7.80. The fourth-order valence-corrected chi connectivity index (χ4v) is 2.56. The summed E-state index contributed by atoms with van der Waals surface area (Å²) in [4.78, 5) is 0. The van der Waals surface area contributed by atoms with Gasteiger partial charge in [-0.2, -0.15) is 0 Å². The maximum atomic E-state index is 5.29. The number of unbranched alkanes of at least 4 members (excludes halogenated alkanes) is 1. The second kappa shape index (κ2) is 7.10. The van der Waals surface area contributed by atoms with Crippen molar-refractivity contribution < 1.29 is 0 Å². The summed E-state index contributed by atoms with van der Waals surface area (Å²) < 4.78 is 0. The molecule has 1 aliphatic carbocycles. The van der Waals surface area contributed by atoms with Gasteiger partial charge in [0.15, 0.2) is 5.11 Å². The lowest BCUT2D eigenvalue weighted by Gasteiger charge is -2.33. The molecule has 1 aliphatic rings. The Morgan fingerprint density at radius 2 is 2.00 bits per heavy atom. The van der Waals surface area contributed by atoms with E-state index in [1.165, 1.54) is 32.1 Å². The van der Waals surface area contributed by atoms with Gasteiger partial charge < -0.3 is 10.6 Å². The Kier molecular flexibility index (Phi) is 6.10. The predicted octanol–water partition coefficient (Wildman–Crippen LogP) is 3.08. The first-order valence-electron chi connectivity index (χ1n) is 6.67. The highest BCUT2D eigenvalue weighted by Crippen LogP contribution is 2.29. The smallest absolute Gasteiger partial charge is 0.166 e. The Balaban J connectivity index is 2.19. The summed E-state index contributed by atoms with van der Waals surface area (Å²) in [7, 11) is 0. The van der Waals surface area contributed by atoms with Crippen molar-refractivity contribution in [3.63, 3.8) is 0 Å². The molecule has 0 spiro atoms. The fraction of sp³-hybridized carbons (Fsp3) is 0.923. The summed E-state index contributed by atoms with van der Waals surface area (Å²) in [5.74, 6) is 1.70. The van der Waals surface area contributed by atoms with Gasteiger partial charge >= 0.3 is 0 Å². The van der Waals surface area contributed by atoms with Gasteiger partial charge in [0.1, 0.15) is 0 Å². The number of hydrogen-bond donors (Lipinski definition) is 2. The number of hydrogen-bond acceptors (Lipinski definition) is 1. The normalized spacial score (nSPS) is 29.8. The molecule has 1 saturated carbocycles. The summed E-state index contributed by atoms with van der Waals surface area (Å²) in [5.41, 5.74) is 0. The summed E-state index contributed by atoms with van der Waals surface area (Å²) in [6.07, 6.45) is 6.27. The average Bonchev–Trinajstić information content (AvgIpc) is 2.24. The first kappa shape index (κ1) is 13.8. The summed E-state index contributed by atoms with van der Waals surface area (Å²) in [5, 5.41) is 7.57. The molecule has 2 N–H and O–H groups in total. The van der Waals surface area contributed by atoms with Crippen LogP contribution in [0.1, 0.15) is 52.9 Å². The van der Waals surface area contributed by atoms with E-state index in [-0.39, 0.29) is 0 Å². The molecule has 3 atom stereocenters. The molecule has 0 heterocycles. The van der Waals surface area contributed by atoms with Crippen LogP contribution in [0.25, 0.3) is 0 Å². The van der Waals surface area contributed by atoms with E-state index >= 15 is 0 Å². The fourth-order valence-electron chi connectivity index (χ4n) is 2.29. The Labute approximate surface area is 106 Å². The van der Waals surface area contributed by atoms with Gasteiger partial charge in [-0.1, -0.05) is 27.2 Å². The highest BCUT2D eigenvalue weighted by atomic mass is 32.1. The summed E-state index contributed by atoms with van der Waals surface area (Å²) in [6.45, 7) is 7.91. The summed E-state index contributed by atoms with van der Waals surface area (Å²) >= 11 is 5.29. The topological polar surface area (TPSA) is 24.1 Å². The van der Waals surface area contributed by atoms with Crippen LogP contribution in [0.15, 0.2) is 0 Å². The first-order chi connectivity index (χ1) is 7.63. The molecule has 0 amide bonds. The largest absolute Gasteiger partial charge is 0.363 e. The minimum Gasteiger partial charge on any atom is -0.363 e. The van der Waals surface area contributed by atoms with Gasteiger partial charge in [0.2, 0.25) is 0 Å². The quantitative estimate of drug-likeness (QED) is 0.585. The summed E-state index contributed by atoms with van der Waals surface area (Å²) in [6, 6.07) is 0.591. The highest BCUT2D eigenvalue weighted by Gasteiger charge is 2.24. The molecule has 0 saturated heterocycles. The molecule has 1 rings (SSSR count). The molecule has 3 unspecified atom stereocenters. The van der Waals surface area contributed by atoms with E-state index in [0.29, 0.717) is 6.04 Å². The molecule has 0 bridgehead atoms. The van der Waals surface area contributed by atoms with Crippen LogP contribution in [0.2, 0.25) is 0 Å². The minimum atomic E-state index is 0.591. The molecule has 0 aromatic rings. The maximum Gasteiger partial charge on any atom is 0.166 e. The van der Waals surface area contributed by atoms with Crippen molar-refractivity contribution >= 4 is 17.3 Å². The molecule has 2 nitrogen and oxygen atoms in total. The number of thiocarbonyl (C=S) groups is 1. The molecule has 0 radical (unpaired) electrons. The van der Waals surface area contributed by atoms with Gasteiger partial charge in [-0.05, 0) is 49.7 Å². The van der Waals surface area contributed by atoms with E-state index < -0.39 is 0 Å². The molecule has 94 valence electrons. The minimum absolute atomic E-state index is 0.591. The lowest BCUT2D eigenvalue weighted by Crippen LogP contribution is -2.45. The van der Waals surface area contributed by atoms with E-state index in [2.05, 4.69) is 31.4 Å². The zero-order chi connectivity index (χ0) is 12.0. The number of rotatable bonds is 4. The molecule has 3 heteroatoms. The lowest BCUT2D eigenvalue weighted by atomic mass is 9.79. The Morgan fingerprint density at radius 3 is 2.62 bits per heavy atom. The van der Waals surface area contributed by atoms with Crippen molar-refractivity contribution in [2.75, 3.05) is 6.54 Å².